The predicted molar refractivity (Wildman–Crippen MR) is 73.7 cm³/mol. The molecule has 1 aromatic carbocycles. The van der Waals surface area contributed by atoms with E-state index >= 15 is 0 Å². The van der Waals surface area contributed by atoms with E-state index in [2.05, 4.69) is 6.92 Å². The normalized spacial score (nSPS) is 25.1. The first-order chi connectivity index (χ1) is 9.10. The SMILES string of the molecule is CCC1CCC(Oc2cc(F)ccc2[C@@H](C)O)CC1. The quantitative estimate of drug-likeness (QED) is 0.883. The van der Waals surface area contributed by atoms with Gasteiger partial charge in [-0.2, -0.15) is 0 Å². The van der Waals surface area contributed by atoms with Crippen LogP contribution in [-0.4, -0.2) is 11.2 Å². The zero-order valence-electron chi connectivity index (χ0n) is 11.7. The summed E-state index contributed by atoms with van der Waals surface area (Å²) in [5, 5.41) is 9.70. The van der Waals surface area contributed by atoms with Crippen LogP contribution in [0.1, 0.15) is 57.6 Å². The second-order valence-electron chi connectivity index (χ2n) is 5.53. The number of halogens is 1. The van der Waals surface area contributed by atoms with Crippen molar-refractivity contribution in [3.63, 3.8) is 0 Å². The Morgan fingerprint density at radius 1 is 1.32 bits per heavy atom. The maximum atomic E-state index is 13.3. The molecule has 19 heavy (non-hydrogen) atoms. The lowest BCUT2D eigenvalue weighted by atomic mass is 9.86. The van der Waals surface area contributed by atoms with E-state index in [1.807, 2.05) is 0 Å². The van der Waals surface area contributed by atoms with Gasteiger partial charge in [0, 0.05) is 11.6 Å². The Morgan fingerprint density at radius 3 is 2.58 bits per heavy atom. The molecule has 0 amide bonds. The molecular formula is C16H23FO2. The van der Waals surface area contributed by atoms with Gasteiger partial charge in [0.05, 0.1) is 12.2 Å². The molecule has 1 aliphatic rings. The van der Waals surface area contributed by atoms with Crippen LogP contribution in [-0.2, 0) is 0 Å². The van der Waals surface area contributed by atoms with Crippen molar-refractivity contribution in [2.75, 3.05) is 0 Å². The van der Waals surface area contributed by atoms with Crippen LogP contribution >= 0.6 is 0 Å². The summed E-state index contributed by atoms with van der Waals surface area (Å²) < 4.78 is 19.2. The molecule has 0 aromatic heterocycles. The van der Waals surface area contributed by atoms with E-state index < -0.39 is 6.10 Å². The number of benzene rings is 1. The van der Waals surface area contributed by atoms with E-state index in [0.717, 1.165) is 18.8 Å². The summed E-state index contributed by atoms with van der Waals surface area (Å²) in [4.78, 5) is 0. The van der Waals surface area contributed by atoms with Crippen LogP contribution in [0.3, 0.4) is 0 Å². The number of hydrogen-bond acceptors (Lipinski definition) is 2. The van der Waals surface area contributed by atoms with E-state index in [1.165, 1.54) is 31.4 Å². The summed E-state index contributed by atoms with van der Waals surface area (Å²) in [6.07, 6.45) is 5.15. The zero-order chi connectivity index (χ0) is 13.8. The average Bonchev–Trinajstić information content (AvgIpc) is 2.39. The third-order valence-electron chi connectivity index (χ3n) is 4.09. The highest BCUT2D eigenvalue weighted by molar-refractivity contribution is 5.35. The van der Waals surface area contributed by atoms with Crippen LogP contribution < -0.4 is 4.74 Å². The molecule has 1 saturated carbocycles. The van der Waals surface area contributed by atoms with Gasteiger partial charge in [0.15, 0.2) is 0 Å². The number of aliphatic hydroxyl groups is 1. The molecule has 1 aromatic rings. The summed E-state index contributed by atoms with van der Waals surface area (Å²) in [5.41, 5.74) is 0.666. The van der Waals surface area contributed by atoms with Crippen LogP contribution in [0.15, 0.2) is 18.2 Å². The van der Waals surface area contributed by atoms with Crippen LogP contribution in [0.25, 0.3) is 0 Å². The second kappa shape index (κ2) is 6.38. The number of aliphatic hydroxyl groups excluding tert-OH is 1. The molecular weight excluding hydrogens is 243 g/mol. The molecule has 1 atom stereocenters. The smallest absolute Gasteiger partial charge is 0.128 e. The fourth-order valence-corrected chi connectivity index (χ4v) is 2.79. The molecule has 106 valence electrons. The lowest BCUT2D eigenvalue weighted by Gasteiger charge is -2.29. The largest absolute Gasteiger partial charge is 0.490 e. The molecule has 0 saturated heterocycles. The van der Waals surface area contributed by atoms with Gasteiger partial charge in [0.1, 0.15) is 11.6 Å². The van der Waals surface area contributed by atoms with Crippen molar-refractivity contribution in [1.29, 1.82) is 0 Å². The third-order valence-corrected chi connectivity index (χ3v) is 4.09. The minimum absolute atomic E-state index is 0.155. The van der Waals surface area contributed by atoms with Crippen molar-refractivity contribution < 1.29 is 14.2 Å². The summed E-state index contributed by atoms with van der Waals surface area (Å²) in [6, 6.07) is 4.35. The second-order valence-corrected chi connectivity index (χ2v) is 5.53. The summed E-state index contributed by atoms with van der Waals surface area (Å²) in [5.74, 6) is 0.986. The first-order valence-corrected chi connectivity index (χ1v) is 7.24. The Morgan fingerprint density at radius 2 is 2.00 bits per heavy atom. The van der Waals surface area contributed by atoms with Gasteiger partial charge in [-0.05, 0) is 50.7 Å². The van der Waals surface area contributed by atoms with E-state index in [0.29, 0.717) is 11.3 Å². The molecule has 2 rings (SSSR count). The first kappa shape index (κ1) is 14.3. The fourth-order valence-electron chi connectivity index (χ4n) is 2.79. The maximum Gasteiger partial charge on any atom is 0.128 e. The average molecular weight is 266 g/mol. The first-order valence-electron chi connectivity index (χ1n) is 7.24. The Kier molecular flexibility index (Phi) is 4.81. The van der Waals surface area contributed by atoms with Gasteiger partial charge in [-0.15, -0.1) is 0 Å². The molecule has 0 spiro atoms. The van der Waals surface area contributed by atoms with Gasteiger partial charge < -0.3 is 9.84 Å². The van der Waals surface area contributed by atoms with Crippen LogP contribution in [0.4, 0.5) is 4.39 Å². The van der Waals surface area contributed by atoms with Gasteiger partial charge in [-0.1, -0.05) is 13.3 Å². The topological polar surface area (TPSA) is 29.5 Å². The lowest BCUT2D eigenvalue weighted by Crippen LogP contribution is -2.24. The monoisotopic (exact) mass is 266 g/mol. The van der Waals surface area contributed by atoms with E-state index in [1.54, 1.807) is 13.0 Å². The Labute approximate surface area is 114 Å². The third kappa shape index (κ3) is 3.69. The summed E-state index contributed by atoms with van der Waals surface area (Å²) >= 11 is 0. The van der Waals surface area contributed by atoms with Gasteiger partial charge in [-0.3, -0.25) is 0 Å². The maximum absolute atomic E-state index is 13.3. The Balaban J connectivity index is 2.04. The number of ether oxygens (including phenoxy) is 1. The summed E-state index contributed by atoms with van der Waals surface area (Å²) in [6.45, 7) is 3.90. The minimum Gasteiger partial charge on any atom is -0.490 e. The highest BCUT2D eigenvalue weighted by Gasteiger charge is 2.22. The molecule has 1 aliphatic carbocycles. The molecule has 0 bridgehead atoms. The van der Waals surface area contributed by atoms with Crippen molar-refractivity contribution in [3.8, 4) is 5.75 Å². The molecule has 2 nitrogen and oxygen atoms in total. The fraction of sp³-hybridized carbons (Fsp3) is 0.625. The van der Waals surface area contributed by atoms with Gasteiger partial charge in [0.2, 0.25) is 0 Å². The lowest BCUT2D eigenvalue weighted by molar-refractivity contribution is 0.121. The zero-order valence-corrected chi connectivity index (χ0v) is 11.7. The molecule has 1 N–H and O–H groups in total. The van der Waals surface area contributed by atoms with Crippen molar-refractivity contribution in [2.24, 2.45) is 5.92 Å². The molecule has 1 fully saturated rings. The van der Waals surface area contributed by atoms with Crippen molar-refractivity contribution in [3.05, 3.63) is 29.6 Å². The van der Waals surface area contributed by atoms with Crippen molar-refractivity contribution in [1.82, 2.24) is 0 Å². The van der Waals surface area contributed by atoms with E-state index in [9.17, 15) is 9.50 Å². The molecule has 0 radical (unpaired) electrons. The van der Waals surface area contributed by atoms with Gasteiger partial charge >= 0.3 is 0 Å². The highest BCUT2D eigenvalue weighted by atomic mass is 19.1. The van der Waals surface area contributed by atoms with E-state index in [4.69, 9.17) is 4.74 Å². The van der Waals surface area contributed by atoms with Gasteiger partial charge in [0.25, 0.3) is 0 Å². The van der Waals surface area contributed by atoms with Crippen molar-refractivity contribution in [2.45, 2.75) is 58.2 Å². The minimum atomic E-state index is -0.636. The molecule has 0 unspecified atom stereocenters. The van der Waals surface area contributed by atoms with Crippen LogP contribution in [0, 0.1) is 11.7 Å². The molecule has 0 heterocycles. The standard InChI is InChI=1S/C16H23FO2/c1-3-12-4-7-14(8-5-12)19-16-10-13(17)6-9-15(16)11(2)18/h6,9-12,14,18H,3-5,7-8H2,1-2H3/t11-,12?,14?/m1/s1. The predicted octanol–water partition coefficient (Wildman–Crippen LogP) is 4.23. The number of hydrogen-bond donors (Lipinski definition) is 1. The highest BCUT2D eigenvalue weighted by Crippen LogP contribution is 2.32. The number of rotatable bonds is 4. The Hall–Kier alpha value is -1.09. The molecule has 3 heteroatoms. The van der Waals surface area contributed by atoms with Crippen molar-refractivity contribution >= 4 is 0 Å². The molecule has 0 aliphatic heterocycles. The van der Waals surface area contributed by atoms with Crippen LogP contribution in [0.2, 0.25) is 0 Å². The van der Waals surface area contributed by atoms with Gasteiger partial charge in [-0.25, -0.2) is 4.39 Å². The summed E-state index contributed by atoms with van der Waals surface area (Å²) in [7, 11) is 0. The van der Waals surface area contributed by atoms with E-state index in [-0.39, 0.29) is 11.9 Å². The van der Waals surface area contributed by atoms with Crippen LogP contribution in [0.5, 0.6) is 5.75 Å². The Bertz CT molecular complexity index is 409.